The zero-order chi connectivity index (χ0) is 15.3. The zero-order valence-corrected chi connectivity index (χ0v) is 11.5. The van der Waals surface area contributed by atoms with Gasteiger partial charge in [-0.3, -0.25) is 4.79 Å². The Bertz CT molecular complexity index is 392. The maximum atomic E-state index is 11.9. The van der Waals surface area contributed by atoms with E-state index in [1.54, 1.807) is 13.8 Å². The molecule has 0 aliphatic heterocycles. The van der Waals surface area contributed by atoms with Gasteiger partial charge >= 0.3 is 12.1 Å². The van der Waals surface area contributed by atoms with Crippen LogP contribution < -0.4 is 4.72 Å². The van der Waals surface area contributed by atoms with Crippen LogP contribution in [0.1, 0.15) is 33.1 Å². The van der Waals surface area contributed by atoms with E-state index in [0.29, 0.717) is 0 Å². The molecule has 0 amide bonds. The standard InChI is InChI=1S/C10H18F3NO4S/c1-7(2)6-8(9(15)16)14-19(17,18)5-3-4-10(11,12)13/h7-8,14H,3-6H2,1-2H3,(H,15,16)/t8-/m1/s1. The molecule has 0 heterocycles. The Morgan fingerprint density at radius 1 is 1.32 bits per heavy atom. The van der Waals surface area contributed by atoms with Gasteiger partial charge in [0.2, 0.25) is 10.0 Å². The van der Waals surface area contributed by atoms with Crippen molar-refractivity contribution < 1.29 is 31.5 Å². The molecule has 1 atom stereocenters. The van der Waals surface area contributed by atoms with E-state index in [9.17, 15) is 26.4 Å². The summed E-state index contributed by atoms with van der Waals surface area (Å²) in [6.07, 6.45) is -6.14. The van der Waals surface area contributed by atoms with Crippen LogP contribution in [-0.4, -0.2) is 37.5 Å². The molecule has 0 bridgehead atoms. The molecule has 0 fully saturated rings. The molecule has 0 saturated heterocycles. The van der Waals surface area contributed by atoms with Crippen molar-refractivity contribution in [3.63, 3.8) is 0 Å². The molecule has 5 nitrogen and oxygen atoms in total. The highest BCUT2D eigenvalue weighted by Gasteiger charge is 2.29. The van der Waals surface area contributed by atoms with Crippen molar-refractivity contribution in [2.45, 2.75) is 45.3 Å². The van der Waals surface area contributed by atoms with Gasteiger partial charge in [0, 0.05) is 6.42 Å². The Morgan fingerprint density at radius 2 is 1.84 bits per heavy atom. The summed E-state index contributed by atoms with van der Waals surface area (Å²) in [5.41, 5.74) is 0. The highest BCUT2D eigenvalue weighted by molar-refractivity contribution is 7.89. The number of carboxylic acids is 1. The summed E-state index contributed by atoms with van der Waals surface area (Å²) in [6.45, 7) is 3.43. The number of halogens is 3. The monoisotopic (exact) mass is 305 g/mol. The van der Waals surface area contributed by atoms with Crippen LogP contribution in [0.2, 0.25) is 0 Å². The fourth-order valence-electron chi connectivity index (χ4n) is 1.41. The number of hydrogen-bond acceptors (Lipinski definition) is 3. The number of carboxylic acid groups (broad SMARTS) is 1. The van der Waals surface area contributed by atoms with Crippen LogP contribution >= 0.6 is 0 Å². The van der Waals surface area contributed by atoms with Gasteiger partial charge in [-0.2, -0.15) is 13.2 Å². The predicted molar refractivity (Wildman–Crippen MR) is 63.1 cm³/mol. The second kappa shape index (κ2) is 7.09. The molecule has 0 aromatic rings. The van der Waals surface area contributed by atoms with Gasteiger partial charge in [-0.15, -0.1) is 0 Å². The fourth-order valence-corrected chi connectivity index (χ4v) is 2.68. The number of rotatable bonds is 8. The minimum atomic E-state index is -4.42. The molecule has 0 rings (SSSR count). The number of hydrogen-bond donors (Lipinski definition) is 2. The molecule has 0 saturated carbocycles. The molecule has 0 aliphatic rings. The van der Waals surface area contributed by atoms with E-state index in [2.05, 4.69) is 0 Å². The molecule has 0 aromatic carbocycles. The van der Waals surface area contributed by atoms with E-state index in [0.717, 1.165) is 0 Å². The molecule has 9 heteroatoms. The summed E-state index contributed by atoms with van der Waals surface area (Å²) < 4.78 is 60.5. The Kier molecular flexibility index (Phi) is 6.78. The predicted octanol–water partition coefficient (Wildman–Crippen LogP) is 1.75. The van der Waals surface area contributed by atoms with Crippen LogP contribution in [0.15, 0.2) is 0 Å². The minimum absolute atomic E-state index is 0.0565. The third-order valence-corrected chi connectivity index (χ3v) is 3.67. The second-order valence-electron chi connectivity index (χ2n) is 4.68. The van der Waals surface area contributed by atoms with Gasteiger partial charge in [0.05, 0.1) is 5.75 Å². The molecule has 0 spiro atoms. The quantitative estimate of drug-likeness (QED) is 0.715. The Hall–Kier alpha value is -0.830. The van der Waals surface area contributed by atoms with Gasteiger partial charge in [-0.05, 0) is 18.8 Å². The normalized spacial score (nSPS) is 14.6. The first-order valence-corrected chi connectivity index (χ1v) is 7.38. The summed E-state index contributed by atoms with van der Waals surface area (Å²) in [6, 6.07) is -1.31. The average Bonchev–Trinajstić information content (AvgIpc) is 2.12. The highest BCUT2D eigenvalue weighted by atomic mass is 32.2. The lowest BCUT2D eigenvalue weighted by Gasteiger charge is -2.16. The van der Waals surface area contributed by atoms with Crippen molar-refractivity contribution in [2.75, 3.05) is 5.75 Å². The van der Waals surface area contributed by atoms with Crippen molar-refractivity contribution in [3.05, 3.63) is 0 Å². The Morgan fingerprint density at radius 3 is 2.21 bits per heavy atom. The lowest BCUT2D eigenvalue weighted by atomic mass is 10.1. The van der Waals surface area contributed by atoms with Gasteiger partial charge < -0.3 is 5.11 Å². The third kappa shape index (κ3) is 9.71. The highest BCUT2D eigenvalue weighted by Crippen LogP contribution is 2.21. The van der Waals surface area contributed by atoms with Crippen LogP contribution in [0.25, 0.3) is 0 Å². The topological polar surface area (TPSA) is 83.5 Å². The maximum Gasteiger partial charge on any atom is 0.389 e. The second-order valence-corrected chi connectivity index (χ2v) is 6.55. The number of sulfonamides is 1. The van der Waals surface area contributed by atoms with Gasteiger partial charge in [-0.25, -0.2) is 13.1 Å². The largest absolute Gasteiger partial charge is 0.480 e. The van der Waals surface area contributed by atoms with Gasteiger partial charge in [0.15, 0.2) is 0 Å². The smallest absolute Gasteiger partial charge is 0.389 e. The summed E-state index contributed by atoms with van der Waals surface area (Å²) in [5.74, 6) is -2.14. The molecule has 2 N–H and O–H groups in total. The van der Waals surface area contributed by atoms with Crippen LogP contribution in [0, 0.1) is 5.92 Å². The van der Waals surface area contributed by atoms with Crippen molar-refractivity contribution in [1.29, 1.82) is 0 Å². The molecular formula is C10H18F3NO4S. The fraction of sp³-hybridized carbons (Fsp3) is 0.900. The van der Waals surface area contributed by atoms with Gasteiger partial charge in [0.1, 0.15) is 6.04 Å². The molecular weight excluding hydrogens is 287 g/mol. The van der Waals surface area contributed by atoms with Crippen molar-refractivity contribution >= 4 is 16.0 Å². The van der Waals surface area contributed by atoms with E-state index in [1.807, 2.05) is 4.72 Å². The van der Waals surface area contributed by atoms with Crippen molar-refractivity contribution in [3.8, 4) is 0 Å². The lowest BCUT2D eigenvalue weighted by Crippen LogP contribution is -2.42. The SMILES string of the molecule is CC(C)C[C@@H](NS(=O)(=O)CCCC(F)(F)F)C(=O)O. The van der Waals surface area contributed by atoms with Crippen LogP contribution in [0.4, 0.5) is 13.2 Å². The first-order valence-electron chi connectivity index (χ1n) is 5.72. The Balaban J connectivity index is 4.44. The summed E-state index contributed by atoms with van der Waals surface area (Å²) in [5, 5.41) is 8.83. The lowest BCUT2D eigenvalue weighted by molar-refractivity contribution is -0.139. The van der Waals surface area contributed by atoms with E-state index in [-0.39, 0.29) is 12.3 Å². The first kappa shape index (κ1) is 18.2. The average molecular weight is 305 g/mol. The first-order chi connectivity index (χ1) is 8.43. The van der Waals surface area contributed by atoms with E-state index < -0.39 is 46.8 Å². The molecule has 114 valence electrons. The van der Waals surface area contributed by atoms with Crippen LogP contribution in [0.5, 0.6) is 0 Å². The van der Waals surface area contributed by atoms with Crippen molar-refractivity contribution in [2.24, 2.45) is 5.92 Å². The minimum Gasteiger partial charge on any atom is -0.480 e. The zero-order valence-electron chi connectivity index (χ0n) is 10.7. The molecule has 0 unspecified atom stereocenters. The maximum absolute atomic E-state index is 11.9. The van der Waals surface area contributed by atoms with E-state index in [1.165, 1.54) is 0 Å². The summed E-state index contributed by atoms with van der Waals surface area (Å²) in [7, 11) is -4.02. The Labute approximate surface area is 110 Å². The summed E-state index contributed by atoms with van der Waals surface area (Å²) >= 11 is 0. The van der Waals surface area contributed by atoms with E-state index in [4.69, 9.17) is 5.11 Å². The van der Waals surface area contributed by atoms with Crippen LogP contribution in [0.3, 0.4) is 0 Å². The van der Waals surface area contributed by atoms with Crippen molar-refractivity contribution in [1.82, 2.24) is 4.72 Å². The third-order valence-electron chi connectivity index (χ3n) is 2.20. The number of alkyl halides is 3. The molecule has 0 radical (unpaired) electrons. The number of nitrogens with one attached hydrogen (secondary N) is 1. The molecule has 0 aromatic heterocycles. The van der Waals surface area contributed by atoms with Gasteiger partial charge in [-0.1, -0.05) is 13.8 Å². The van der Waals surface area contributed by atoms with Gasteiger partial charge in [0.25, 0.3) is 0 Å². The van der Waals surface area contributed by atoms with Crippen LogP contribution in [-0.2, 0) is 14.8 Å². The number of aliphatic carboxylic acids is 1. The number of carbonyl (C=O) groups is 1. The van der Waals surface area contributed by atoms with E-state index >= 15 is 0 Å². The molecule has 19 heavy (non-hydrogen) atoms. The summed E-state index contributed by atoms with van der Waals surface area (Å²) in [4.78, 5) is 10.8. The molecule has 0 aliphatic carbocycles.